The first-order chi connectivity index (χ1) is 8.81. The van der Waals surface area contributed by atoms with E-state index < -0.39 is 11.6 Å². The number of fused-ring (bicyclic) bond motifs is 1. The lowest BCUT2D eigenvalue weighted by Gasteiger charge is -2.19. The van der Waals surface area contributed by atoms with Crippen LogP contribution >= 0.6 is 0 Å². The number of nitrogen functional groups attached to an aromatic ring is 1. The third-order valence-electron chi connectivity index (χ3n) is 2.74. The SMILES string of the molecule is COC(=O)c1ccc2c(c1)nc(N)n2CC(C)(C)O. The molecule has 0 amide bonds. The van der Waals surface area contributed by atoms with E-state index in [0.717, 1.165) is 5.52 Å². The summed E-state index contributed by atoms with van der Waals surface area (Å²) in [4.78, 5) is 15.6. The van der Waals surface area contributed by atoms with Crippen LogP contribution in [0, 0.1) is 0 Å². The number of methoxy groups -OCH3 is 1. The fourth-order valence-electron chi connectivity index (χ4n) is 1.95. The summed E-state index contributed by atoms with van der Waals surface area (Å²) in [6, 6.07) is 5.02. The van der Waals surface area contributed by atoms with Crippen LogP contribution in [0.3, 0.4) is 0 Å². The number of imidazole rings is 1. The van der Waals surface area contributed by atoms with E-state index in [4.69, 9.17) is 5.73 Å². The highest BCUT2D eigenvalue weighted by Gasteiger charge is 2.18. The number of esters is 1. The predicted molar refractivity (Wildman–Crippen MR) is 71.8 cm³/mol. The Morgan fingerprint density at radius 2 is 2.21 bits per heavy atom. The summed E-state index contributed by atoms with van der Waals surface area (Å²) in [5.41, 5.74) is 6.74. The van der Waals surface area contributed by atoms with Crippen LogP contribution in [-0.2, 0) is 11.3 Å². The molecule has 2 rings (SSSR count). The van der Waals surface area contributed by atoms with Gasteiger partial charge in [0, 0.05) is 0 Å². The van der Waals surface area contributed by atoms with Crippen LogP contribution in [0.2, 0.25) is 0 Å². The van der Waals surface area contributed by atoms with Gasteiger partial charge in [-0.3, -0.25) is 0 Å². The number of benzene rings is 1. The fourth-order valence-corrected chi connectivity index (χ4v) is 1.95. The number of hydrogen-bond acceptors (Lipinski definition) is 5. The molecule has 1 heterocycles. The number of ether oxygens (including phenoxy) is 1. The van der Waals surface area contributed by atoms with Crippen molar-refractivity contribution in [2.24, 2.45) is 0 Å². The van der Waals surface area contributed by atoms with E-state index in [1.54, 1.807) is 36.6 Å². The zero-order valence-corrected chi connectivity index (χ0v) is 11.2. The number of nitrogens with two attached hydrogens (primary N) is 1. The van der Waals surface area contributed by atoms with Crippen LogP contribution in [0.5, 0.6) is 0 Å². The third-order valence-corrected chi connectivity index (χ3v) is 2.74. The molecule has 0 aliphatic heterocycles. The Morgan fingerprint density at radius 3 is 2.79 bits per heavy atom. The first-order valence-corrected chi connectivity index (χ1v) is 5.88. The van der Waals surface area contributed by atoms with Gasteiger partial charge in [-0.1, -0.05) is 0 Å². The van der Waals surface area contributed by atoms with Crippen LogP contribution in [-0.4, -0.2) is 33.3 Å². The second-order valence-electron chi connectivity index (χ2n) is 5.06. The zero-order chi connectivity index (χ0) is 14.2. The lowest BCUT2D eigenvalue weighted by Crippen LogP contribution is -2.26. The van der Waals surface area contributed by atoms with Crippen LogP contribution in [0.25, 0.3) is 11.0 Å². The Morgan fingerprint density at radius 1 is 1.53 bits per heavy atom. The van der Waals surface area contributed by atoms with Crippen molar-refractivity contribution in [3.8, 4) is 0 Å². The van der Waals surface area contributed by atoms with Gasteiger partial charge in [-0.25, -0.2) is 9.78 Å². The van der Waals surface area contributed by atoms with Crippen molar-refractivity contribution in [2.75, 3.05) is 12.8 Å². The molecule has 0 radical (unpaired) electrons. The number of hydrogen-bond donors (Lipinski definition) is 2. The number of carbonyl (C=O) groups excluding carboxylic acids is 1. The maximum Gasteiger partial charge on any atom is 0.337 e. The molecule has 6 heteroatoms. The maximum absolute atomic E-state index is 11.4. The predicted octanol–water partition coefficient (Wildman–Crippen LogP) is 1.18. The number of rotatable bonds is 3. The summed E-state index contributed by atoms with van der Waals surface area (Å²) in [6.07, 6.45) is 0. The molecular formula is C13H17N3O3. The monoisotopic (exact) mass is 263 g/mol. The molecule has 102 valence electrons. The Balaban J connectivity index is 2.51. The highest BCUT2D eigenvalue weighted by Crippen LogP contribution is 2.22. The molecule has 0 saturated heterocycles. The topological polar surface area (TPSA) is 90.4 Å². The standard InChI is InChI=1S/C13H17N3O3/c1-13(2,18)7-16-10-5-4-8(11(17)19-3)6-9(10)15-12(16)14/h4-6,18H,7H2,1-3H3,(H2,14,15). The van der Waals surface area contributed by atoms with E-state index >= 15 is 0 Å². The molecule has 3 N–H and O–H groups in total. The van der Waals surface area contributed by atoms with Crippen LogP contribution in [0.4, 0.5) is 5.95 Å². The molecule has 6 nitrogen and oxygen atoms in total. The molecule has 0 unspecified atom stereocenters. The van der Waals surface area contributed by atoms with E-state index in [1.807, 2.05) is 0 Å². The molecular weight excluding hydrogens is 246 g/mol. The molecule has 19 heavy (non-hydrogen) atoms. The fraction of sp³-hybridized carbons (Fsp3) is 0.385. The molecule has 0 bridgehead atoms. The second kappa shape index (κ2) is 4.55. The van der Waals surface area contributed by atoms with Gasteiger partial charge in [0.15, 0.2) is 0 Å². The largest absolute Gasteiger partial charge is 0.465 e. The minimum absolute atomic E-state index is 0.305. The molecule has 1 aromatic heterocycles. The lowest BCUT2D eigenvalue weighted by atomic mass is 10.1. The second-order valence-corrected chi connectivity index (χ2v) is 5.06. The Hall–Kier alpha value is -2.08. The minimum Gasteiger partial charge on any atom is -0.465 e. The van der Waals surface area contributed by atoms with Crippen molar-refractivity contribution in [1.29, 1.82) is 0 Å². The Kier molecular flexibility index (Phi) is 3.20. The van der Waals surface area contributed by atoms with Crippen molar-refractivity contribution in [3.05, 3.63) is 23.8 Å². The van der Waals surface area contributed by atoms with Gasteiger partial charge in [0.05, 0.1) is 35.9 Å². The van der Waals surface area contributed by atoms with Crippen LogP contribution < -0.4 is 5.73 Å². The van der Waals surface area contributed by atoms with Gasteiger partial charge >= 0.3 is 5.97 Å². The maximum atomic E-state index is 11.4. The molecule has 0 fully saturated rings. The lowest BCUT2D eigenvalue weighted by molar-refractivity contribution is 0.0598. The van der Waals surface area contributed by atoms with Crippen LogP contribution in [0.15, 0.2) is 18.2 Å². The molecule has 0 atom stereocenters. The molecule has 0 aliphatic carbocycles. The van der Waals surface area contributed by atoms with E-state index in [2.05, 4.69) is 9.72 Å². The Bertz CT molecular complexity index is 626. The van der Waals surface area contributed by atoms with Gasteiger partial charge < -0.3 is 20.1 Å². The van der Waals surface area contributed by atoms with Gasteiger partial charge in [0.2, 0.25) is 5.95 Å². The average Bonchev–Trinajstić information content (AvgIpc) is 2.62. The number of anilines is 1. The summed E-state index contributed by atoms with van der Waals surface area (Å²) in [6.45, 7) is 3.72. The van der Waals surface area contributed by atoms with Crippen molar-refractivity contribution in [1.82, 2.24) is 9.55 Å². The number of carbonyl (C=O) groups is 1. The quantitative estimate of drug-likeness (QED) is 0.811. The summed E-state index contributed by atoms with van der Waals surface area (Å²) in [7, 11) is 1.33. The smallest absolute Gasteiger partial charge is 0.337 e. The number of aliphatic hydroxyl groups is 1. The van der Waals surface area contributed by atoms with Gasteiger partial charge in [0.1, 0.15) is 0 Å². The van der Waals surface area contributed by atoms with Crippen molar-refractivity contribution in [3.63, 3.8) is 0 Å². The van der Waals surface area contributed by atoms with E-state index in [1.165, 1.54) is 7.11 Å². The van der Waals surface area contributed by atoms with E-state index in [9.17, 15) is 9.90 Å². The highest BCUT2D eigenvalue weighted by molar-refractivity contribution is 5.94. The van der Waals surface area contributed by atoms with E-state index in [0.29, 0.717) is 23.6 Å². The van der Waals surface area contributed by atoms with Gasteiger partial charge in [-0.2, -0.15) is 0 Å². The van der Waals surface area contributed by atoms with Crippen LogP contribution in [0.1, 0.15) is 24.2 Å². The highest BCUT2D eigenvalue weighted by atomic mass is 16.5. The number of aromatic nitrogens is 2. The summed E-state index contributed by atoms with van der Waals surface area (Å²) < 4.78 is 6.38. The minimum atomic E-state index is -0.900. The molecule has 0 spiro atoms. The first kappa shape index (κ1) is 13.4. The zero-order valence-electron chi connectivity index (χ0n) is 11.2. The van der Waals surface area contributed by atoms with E-state index in [-0.39, 0.29) is 0 Å². The molecule has 1 aromatic carbocycles. The summed E-state index contributed by atoms with van der Waals surface area (Å²) in [5, 5.41) is 9.88. The summed E-state index contributed by atoms with van der Waals surface area (Å²) in [5.74, 6) is -0.114. The molecule has 0 saturated carbocycles. The average molecular weight is 263 g/mol. The van der Waals surface area contributed by atoms with Crippen molar-refractivity contribution < 1.29 is 14.6 Å². The summed E-state index contributed by atoms with van der Waals surface area (Å²) >= 11 is 0. The number of nitrogens with zero attached hydrogens (tertiary/aromatic N) is 2. The Labute approximate surface area is 110 Å². The first-order valence-electron chi connectivity index (χ1n) is 5.88. The molecule has 0 aliphatic rings. The van der Waals surface area contributed by atoms with Gasteiger partial charge in [-0.15, -0.1) is 0 Å². The van der Waals surface area contributed by atoms with Crippen molar-refractivity contribution >= 4 is 23.0 Å². The van der Waals surface area contributed by atoms with Crippen molar-refractivity contribution in [2.45, 2.75) is 26.0 Å². The third kappa shape index (κ3) is 2.68. The molecule has 2 aromatic rings. The van der Waals surface area contributed by atoms with Gasteiger partial charge in [-0.05, 0) is 32.0 Å². The normalized spacial score (nSPS) is 11.8. The van der Waals surface area contributed by atoms with Gasteiger partial charge in [0.25, 0.3) is 0 Å².